The van der Waals surface area contributed by atoms with Gasteiger partial charge in [0.1, 0.15) is 36.6 Å². The van der Waals surface area contributed by atoms with Gasteiger partial charge in [-0.1, -0.05) is 138 Å². The van der Waals surface area contributed by atoms with Crippen molar-refractivity contribution >= 4 is 11.6 Å². The quantitative estimate of drug-likeness (QED) is 0.0406. The van der Waals surface area contributed by atoms with Crippen LogP contribution < -0.4 is 33.8 Å². The summed E-state index contributed by atoms with van der Waals surface area (Å²) in [6.07, 6.45) is 10.6. The number of likely N-dealkylation sites (N-methyl/N-ethyl adjacent to an activating group) is 1. The molecule has 416 valence electrons. The number of hydrogen-bond acceptors (Lipinski definition) is 7. The van der Waals surface area contributed by atoms with Gasteiger partial charge in [0, 0.05) is 32.1 Å². The van der Waals surface area contributed by atoms with Crippen molar-refractivity contribution in [2.45, 2.75) is 182 Å². The summed E-state index contributed by atoms with van der Waals surface area (Å²) >= 11 is 0. The first kappa shape index (κ1) is 60.1. The Morgan fingerprint density at radius 3 is 1.47 bits per heavy atom. The van der Waals surface area contributed by atoms with Gasteiger partial charge >= 0.3 is 0 Å². The summed E-state index contributed by atoms with van der Waals surface area (Å²) in [7, 11) is 3.87. The van der Waals surface area contributed by atoms with Gasteiger partial charge in [-0.05, 0) is 161 Å². The maximum Gasteiger partial charge on any atom is 0.244 e. The maximum absolute atomic E-state index is 14.2. The predicted molar refractivity (Wildman–Crippen MR) is 316 cm³/mol. The molecule has 5 aromatic carbocycles. The van der Waals surface area contributed by atoms with E-state index in [1.807, 2.05) is 78.1 Å². The fourth-order valence-electron chi connectivity index (χ4n) is 9.06. The highest BCUT2D eigenvalue weighted by Gasteiger charge is 2.25. The molecule has 1 atom stereocenters. The van der Waals surface area contributed by atoms with Crippen molar-refractivity contribution in [2.75, 3.05) is 38.4 Å². The number of aromatic nitrogens is 3. The molecule has 6 aromatic rings. The van der Waals surface area contributed by atoms with E-state index in [2.05, 4.69) is 155 Å². The average molecular weight is 1050 g/mol. The molecule has 0 bridgehead atoms. The standard InChI is InChI=1S/C67H94N5O5/c1-64(2,3)52-42-53(65(4,5)6)45-60(44-52)76-38-22-16-15-21-37-74-59-34-30-56(31-35-59)70(13)63(73)62(41-50-25-18-17-19-26-50)68-48-51-28-32-58(33-29-51)75-39-23-20-27-57-49-72(69-71(57)14)36-24-40-77-61-46-54(66(7,8)9)43-55(47-61)67(10,11)12/h17-19,25-26,28-35,42-47,49,62,68H,15-16,20-24,27,36-41,48H2,1-14H3/q+1/t62-/m1/s1. The number of carbonyl (C=O) groups is 1. The van der Waals surface area contributed by atoms with E-state index in [1.165, 1.54) is 27.9 Å². The van der Waals surface area contributed by atoms with Crippen LogP contribution in [-0.4, -0.2) is 55.3 Å². The molecule has 1 heterocycles. The normalized spacial score (nSPS) is 12.6. The summed E-state index contributed by atoms with van der Waals surface area (Å²) in [4.78, 5) is 15.9. The fraction of sp³-hybridized carbons (Fsp3) is 0.507. The summed E-state index contributed by atoms with van der Waals surface area (Å²) in [6, 6.07) is 39.2. The number of ether oxygens (including phenoxy) is 4. The number of hydrogen-bond donors (Lipinski definition) is 1. The third-order valence-electron chi connectivity index (χ3n) is 14.3. The van der Waals surface area contributed by atoms with Gasteiger partial charge in [-0.25, -0.2) is 0 Å². The Balaban J connectivity index is 0.889. The zero-order chi connectivity index (χ0) is 55.8. The number of rotatable bonds is 27. The summed E-state index contributed by atoms with van der Waals surface area (Å²) in [5, 5.41) is 8.31. The van der Waals surface area contributed by atoms with Gasteiger partial charge in [0.05, 0.1) is 37.7 Å². The number of anilines is 1. The van der Waals surface area contributed by atoms with E-state index in [4.69, 9.17) is 24.2 Å². The lowest BCUT2D eigenvalue weighted by Crippen LogP contribution is -2.46. The van der Waals surface area contributed by atoms with Crippen molar-refractivity contribution < 1.29 is 28.4 Å². The molecule has 6 rings (SSSR count). The Hall–Kier alpha value is -6.13. The molecule has 0 fully saturated rings. The molecule has 0 spiro atoms. The van der Waals surface area contributed by atoms with Crippen LogP contribution in [0.4, 0.5) is 5.69 Å². The van der Waals surface area contributed by atoms with E-state index in [0.29, 0.717) is 39.4 Å². The summed E-state index contributed by atoms with van der Waals surface area (Å²) in [5.41, 5.74) is 9.67. The summed E-state index contributed by atoms with van der Waals surface area (Å²) in [6.45, 7) is 31.0. The molecule has 0 saturated carbocycles. The van der Waals surface area contributed by atoms with E-state index in [0.717, 1.165) is 97.7 Å². The molecule has 0 aliphatic heterocycles. The van der Waals surface area contributed by atoms with Crippen molar-refractivity contribution in [1.82, 2.24) is 15.2 Å². The van der Waals surface area contributed by atoms with Crippen LogP contribution in [0.1, 0.15) is 167 Å². The molecule has 0 aliphatic rings. The van der Waals surface area contributed by atoms with Gasteiger partial charge in [0.25, 0.3) is 0 Å². The Bertz CT molecular complexity index is 2670. The molecule has 1 aromatic heterocycles. The Morgan fingerprint density at radius 2 is 0.987 bits per heavy atom. The first-order valence-electron chi connectivity index (χ1n) is 28.4. The third kappa shape index (κ3) is 19.4. The van der Waals surface area contributed by atoms with Crippen molar-refractivity contribution in [3.63, 3.8) is 0 Å². The monoisotopic (exact) mass is 1050 g/mol. The van der Waals surface area contributed by atoms with Crippen molar-refractivity contribution in [3.8, 4) is 23.0 Å². The summed E-state index contributed by atoms with van der Waals surface area (Å²) < 4.78 is 28.9. The predicted octanol–water partition coefficient (Wildman–Crippen LogP) is 14.2. The van der Waals surface area contributed by atoms with E-state index < -0.39 is 6.04 Å². The maximum atomic E-state index is 14.2. The lowest BCUT2D eigenvalue weighted by molar-refractivity contribution is -0.755. The van der Waals surface area contributed by atoms with Crippen molar-refractivity contribution in [2.24, 2.45) is 7.05 Å². The number of amides is 1. The van der Waals surface area contributed by atoms with Crippen LogP contribution in [0.3, 0.4) is 0 Å². The van der Waals surface area contributed by atoms with Crippen LogP contribution in [0.2, 0.25) is 0 Å². The van der Waals surface area contributed by atoms with Crippen molar-refractivity contribution in [3.05, 3.63) is 161 Å². The molecular formula is C67H94N5O5+. The molecule has 1 N–H and O–H groups in total. The molecule has 10 nitrogen and oxygen atoms in total. The molecule has 77 heavy (non-hydrogen) atoms. The van der Waals surface area contributed by atoms with Crippen LogP contribution in [-0.2, 0) is 59.4 Å². The average Bonchev–Trinajstić information content (AvgIpc) is 3.74. The van der Waals surface area contributed by atoms with Crippen molar-refractivity contribution in [1.29, 1.82) is 0 Å². The lowest BCUT2D eigenvalue weighted by Gasteiger charge is -2.26. The van der Waals surface area contributed by atoms with Gasteiger partial charge in [0.15, 0.2) is 11.9 Å². The van der Waals surface area contributed by atoms with Gasteiger partial charge < -0.3 is 29.2 Å². The van der Waals surface area contributed by atoms with E-state index in [-0.39, 0.29) is 27.6 Å². The molecule has 0 radical (unpaired) electrons. The first-order valence-corrected chi connectivity index (χ1v) is 28.4. The lowest BCUT2D eigenvalue weighted by atomic mass is 9.80. The van der Waals surface area contributed by atoms with E-state index >= 15 is 0 Å². The molecule has 10 heteroatoms. The fourth-order valence-corrected chi connectivity index (χ4v) is 9.06. The second-order valence-corrected chi connectivity index (χ2v) is 25.2. The van der Waals surface area contributed by atoms with Gasteiger partial charge in [-0.2, -0.15) is 0 Å². The van der Waals surface area contributed by atoms with Crippen LogP contribution in [0.25, 0.3) is 0 Å². The van der Waals surface area contributed by atoms with Gasteiger partial charge in [0.2, 0.25) is 5.91 Å². The second kappa shape index (κ2) is 27.5. The number of unbranched alkanes of at least 4 members (excludes halogenated alkanes) is 4. The minimum atomic E-state index is -0.429. The van der Waals surface area contributed by atoms with Crippen LogP contribution in [0, 0.1) is 0 Å². The topological polar surface area (TPSA) is 91.0 Å². The molecular weight excluding hydrogens is 955 g/mol. The molecule has 0 aliphatic carbocycles. The number of nitrogens with zero attached hydrogens (tertiary/aromatic N) is 4. The van der Waals surface area contributed by atoms with Crippen LogP contribution in [0.5, 0.6) is 23.0 Å². The van der Waals surface area contributed by atoms with Gasteiger partial charge in [-0.3, -0.25) is 4.79 Å². The minimum absolute atomic E-state index is 0.00171. The SMILES string of the molecule is CN(C(=O)[C@@H](Cc1ccccc1)NCc1ccc(OCCCCc2c[n+](CCCOc3cc(C(C)(C)C)cc(C(C)(C)C)c3)nn2C)cc1)c1ccc(OCCCCCCOc2cc(C(C)(C)C)cc(C(C)(C)C)c2)cc1. The molecule has 0 saturated heterocycles. The zero-order valence-corrected chi connectivity index (χ0v) is 49.6. The van der Waals surface area contributed by atoms with E-state index in [1.54, 1.807) is 4.90 Å². The smallest absolute Gasteiger partial charge is 0.244 e. The first-order chi connectivity index (χ1) is 36.4. The number of aryl methyl sites for hydroxylation is 3. The molecule has 1 amide bonds. The molecule has 0 unspecified atom stereocenters. The van der Waals surface area contributed by atoms with Gasteiger partial charge in [-0.15, -0.1) is 9.36 Å². The Morgan fingerprint density at radius 1 is 0.545 bits per heavy atom. The van der Waals surface area contributed by atoms with E-state index in [9.17, 15) is 4.79 Å². The van der Waals surface area contributed by atoms with Crippen LogP contribution in [0.15, 0.2) is 121 Å². The largest absolute Gasteiger partial charge is 0.494 e. The Kier molecular flexibility index (Phi) is 21.4. The summed E-state index contributed by atoms with van der Waals surface area (Å²) in [5.74, 6) is 3.55. The highest BCUT2D eigenvalue weighted by Crippen LogP contribution is 2.35. The second-order valence-electron chi connectivity index (χ2n) is 25.2. The number of benzene rings is 5. The number of carbonyl (C=O) groups excluding carboxylic acids is 1. The number of nitrogens with one attached hydrogen (secondary N) is 1. The Labute approximate surface area is 463 Å². The third-order valence-corrected chi connectivity index (χ3v) is 14.3. The minimum Gasteiger partial charge on any atom is -0.494 e. The zero-order valence-electron chi connectivity index (χ0n) is 49.6. The highest BCUT2D eigenvalue weighted by atomic mass is 16.5. The van der Waals surface area contributed by atoms with Crippen LogP contribution >= 0.6 is 0 Å². The highest BCUT2D eigenvalue weighted by molar-refractivity contribution is 5.97.